The Morgan fingerprint density at radius 3 is 2.50 bits per heavy atom. The molecule has 0 aromatic heterocycles. The van der Waals surface area contributed by atoms with Crippen LogP contribution in [-0.2, 0) is 14.8 Å². The van der Waals surface area contributed by atoms with Gasteiger partial charge in [0.1, 0.15) is 5.75 Å². The fourth-order valence-corrected chi connectivity index (χ4v) is 2.75. The number of amides is 1. The molecular formula is C16H17N3O4S. The first kappa shape index (κ1) is 17.6. The summed E-state index contributed by atoms with van der Waals surface area (Å²) >= 11 is 0. The maximum absolute atomic E-state index is 12.0. The highest BCUT2D eigenvalue weighted by atomic mass is 32.2. The number of hydrogen-bond donors (Lipinski definition) is 3. The molecule has 0 aliphatic rings. The first-order valence-corrected chi connectivity index (χ1v) is 8.53. The Morgan fingerprint density at radius 1 is 1.17 bits per heavy atom. The molecule has 0 bridgehead atoms. The number of benzene rings is 2. The molecule has 0 saturated carbocycles. The molecule has 0 spiro atoms. The third-order valence-corrected chi connectivity index (χ3v) is 4.50. The zero-order valence-electron chi connectivity index (χ0n) is 12.9. The second-order valence-electron chi connectivity index (χ2n) is 4.99. The smallest absolute Gasteiger partial charge is 0.255 e. The van der Waals surface area contributed by atoms with E-state index in [1.807, 2.05) is 6.92 Å². The van der Waals surface area contributed by atoms with Crippen molar-refractivity contribution in [3.05, 3.63) is 59.7 Å². The molecular weight excluding hydrogens is 330 g/mol. The van der Waals surface area contributed by atoms with Crippen LogP contribution in [0.4, 0.5) is 0 Å². The van der Waals surface area contributed by atoms with Crippen molar-refractivity contribution in [1.82, 2.24) is 10.1 Å². The number of aromatic hydroxyl groups is 1. The van der Waals surface area contributed by atoms with Gasteiger partial charge >= 0.3 is 0 Å². The average molecular weight is 347 g/mol. The predicted molar refractivity (Wildman–Crippen MR) is 90.2 cm³/mol. The van der Waals surface area contributed by atoms with Gasteiger partial charge in [-0.2, -0.15) is 5.10 Å². The third kappa shape index (κ3) is 4.90. The Hall–Kier alpha value is -2.71. The van der Waals surface area contributed by atoms with Crippen LogP contribution in [0.25, 0.3) is 0 Å². The van der Waals surface area contributed by atoms with Gasteiger partial charge in [0.15, 0.2) is 0 Å². The number of carbonyl (C=O) groups is 1. The predicted octanol–water partition coefficient (Wildman–Crippen LogP) is 1.13. The molecule has 126 valence electrons. The normalized spacial score (nSPS) is 11.5. The lowest BCUT2D eigenvalue weighted by Gasteiger charge is -2.06. The molecule has 24 heavy (non-hydrogen) atoms. The van der Waals surface area contributed by atoms with Gasteiger partial charge in [-0.3, -0.25) is 4.79 Å². The zero-order valence-corrected chi connectivity index (χ0v) is 13.7. The Morgan fingerprint density at radius 2 is 1.83 bits per heavy atom. The van der Waals surface area contributed by atoms with E-state index in [2.05, 4.69) is 15.2 Å². The summed E-state index contributed by atoms with van der Waals surface area (Å²) in [6.07, 6.45) is 1.27. The Bertz CT molecular complexity index is 846. The van der Waals surface area contributed by atoms with Crippen LogP contribution in [-0.4, -0.2) is 32.2 Å². The fourth-order valence-electron chi connectivity index (χ4n) is 1.77. The molecule has 0 saturated heterocycles. The molecule has 0 aliphatic heterocycles. The van der Waals surface area contributed by atoms with Gasteiger partial charge in [0, 0.05) is 5.56 Å². The number of sulfonamides is 1. The summed E-state index contributed by atoms with van der Waals surface area (Å²) in [7, 11) is -3.76. The number of nitrogens with zero attached hydrogens (tertiary/aromatic N) is 1. The van der Waals surface area contributed by atoms with E-state index in [1.54, 1.807) is 30.3 Å². The lowest BCUT2D eigenvalue weighted by atomic mass is 10.2. The van der Waals surface area contributed by atoms with Crippen LogP contribution in [0.1, 0.15) is 11.1 Å². The molecule has 7 nitrogen and oxygen atoms in total. The topological polar surface area (TPSA) is 108 Å². The summed E-state index contributed by atoms with van der Waals surface area (Å²) in [5.41, 5.74) is 3.55. The van der Waals surface area contributed by atoms with E-state index < -0.39 is 22.5 Å². The number of hydrazone groups is 1. The summed E-state index contributed by atoms with van der Waals surface area (Å²) in [5.74, 6) is -0.604. The van der Waals surface area contributed by atoms with Gasteiger partial charge in [0.25, 0.3) is 5.91 Å². The minimum Gasteiger partial charge on any atom is -0.507 e. The van der Waals surface area contributed by atoms with Crippen LogP contribution in [0.3, 0.4) is 0 Å². The molecule has 0 aliphatic carbocycles. The SMILES string of the molecule is Cc1ccc(S(=O)(=O)NCC(=O)N/N=C/c2ccccc2O)cc1. The molecule has 2 rings (SSSR count). The number of para-hydroxylation sites is 1. The Labute approximate surface area is 140 Å². The monoisotopic (exact) mass is 347 g/mol. The lowest BCUT2D eigenvalue weighted by Crippen LogP contribution is -2.34. The van der Waals surface area contributed by atoms with Crippen molar-refractivity contribution in [2.45, 2.75) is 11.8 Å². The molecule has 0 fully saturated rings. The first-order valence-electron chi connectivity index (χ1n) is 7.05. The van der Waals surface area contributed by atoms with E-state index >= 15 is 0 Å². The number of carbonyl (C=O) groups excluding carboxylic acids is 1. The highest BCUT2D eigenvalue weighted by molar-refractivity contribution is 7.89. The van der Waals surface area contributed by atoms with Gasteiger partial charge in [-0.15, -0.1) is 0 Å². The van der Waals surface area contributed by atoms with Crippen LogP contribution in [0.15, 0.2) is 58.5 Å². The molecule has 0 unspecified atom stereocenters. The van der Waals surface area contributed by atoms with Crippen molar-refractivity contribution >= 4 is 22.1 Å². The van der Waals surface area contributed by atoms with Gasteiger partial charge in [0.05, 0.1) is 17.7 Å². The summed E-state index contributed by atoms with van der Waals surface area (Å²) in [6, 6.07) is 12.7. The highest BCUT2D eigenvalue weighted by Crippen LogP contribution is 2.12. The fraction of sp³-hybridized carbons (Fsp3) is 0.125. The summed E-state index contributed by atoms with van der Waals surface area (Å²) < 4.78 is 26.2. The van der Waals surface area contributed by atoms with Gasteiger partial charge in [-0.1, -0.05) is 29.8 Å². The molecule has 0 radical (unpaired) electrons. The Balaban J connectivity index is 1.89. The summed E-state index contributed by atoms with van der Waals surface area (Å²) in [5, 5.41) is 13.2. The third-order valence-electron chi connectivity index (χ3n) is 3.08. The van der Waals surface area contributed by atoms with Gasteiger partial charge in [-0.05, 0) is 31.2 Å². The van der Waals surface area contributed by atoms with E-state index in [4.69, 9.17) is 0 Å². The number of phenols is 1. The molecule has 2 aromatic rings. The number of aryl methyl sites for hydroxylation is 1. The van der Waals surface area contributed by atoms with Crippen LogP contribution in [0.2, 0.25) is 0 Å². The van der Waals surface area contributed by atoms with E-state index in [1.165, 1.54) is 24.4 Å². The number of hydrogen-bond acceptors (Lipinski definition) is 5. The average Bonchev–Trinajstić information content (AvgIpc) is 2.55. The quantitative estimate of drug-likeness (QED) is 0.538. The van der Waals surface area contributed by atoms with E-state index in [0.29, 0.717) is 5.56 Å². The molecule has 0 atom stereocenters. The molecule has 0 heterocycles. The standard InChI is InChI=1S/C16H17N3O4S/c1-12-6-8-14(9-7-12)24(22,23)18-11-16(21)19-17-10-13-4-2-3-5-15(13)20/h2-10,18,20H,11H2,1H3,(H,19,21)/b17-10+. The number of phenolic OH excluding ortho intramolecular Hbond substituents is 1. The lowest BCUT2D eigenvalue weighted by molar-refractivity contribution is -0.119. The zero-order chi connectivity index (χ0) is 17.6. The Kier molecular flexibility index (Phi) is 5.67. The van der Waals surface area contributed by atoms with Gasteiger partial charge in [0.2, 0.25) is 10.0 Å². The first-order chi connectivity index (χ1) is 11.4. The van der Waals surface area contributed by atoms with Crippen molar-refractivity contribution in [3.63, 3.8) is 0 Å². The van der Waals surface area contributed by atoms with Gasteiger partial charge < -0.3 is 5.11 Å². The van der Waals surface area contributed by atoms with E-state index in [-0.39, 0.29) is 10.6 Å². The maximum atomic E-state index is 12.0. The maximum Gasteiger partial charge on any atom is 0.255 e. The molecule has 8 heteroatoms. The largest absolute Gasteiger partial charge is 0.507 e. The van der Waals surface area contributed by atoms with Gasteiger partial charge in [-0.25, -0.2) is 18.6 Å². The van der Waals surface area contributed by atoms with Crippen LogP contribution < -0.4 is 10.1 Å². The minimum absolute atomic E-state index is 0.0237. The van der Waals surface area contributed by atoms with Crippen molar-refractivity contribution < 1.29 is 18.3 Å². The van der Waals surface area contributed by atoms with Crippen LogP contribution in [0.5, 0.6) is 5.75 Å². The van der Waals surface area contributed by atoms with Crippen LogP contribution >= 0.6 is 0 Å². The van der Waals surface area contributed by atoms with Crippen molar-refractivity contribution in [2.24, 2.45) is 5.10 Å². The highest BCUT2D eigenvalue weighted by Gasteiger charge is 2.14. The van der Waals surface area contributed by atoms with Crippen molar-refractivity contribution in [2.75, 3.05) is 6.54 Å². The second-order valence-corrected chi connectivity index (χ2v) is 6.76. The molecule has 1 amide bonds. The van der Waals surface area contributed by atoms with Crippen molar-refractivity contribution in [1.29, 1.82) is 0 Å². The van der Waals surface area contributed by atoms with Crippen LogP contribution in [0, 0.1) is 6.92 Å². The number of rotatable bonds is 6. The number of nitrogens with one attached hydrogen (secondary N) is 2. The van der Waals surface area contributed by atoms with Crippen molar-refractivity contribution in [3.8, 4) is 5.75 Å². The summed E-state index contributed by atoms with van der Waals surface area (Å²) in [6.45, 7) is 1.40. The van der Waals surface area contributed by atoms with E-state index in [0.717, 1.165) is 5.56 Å². The summed E-state index contributed by atoms with van der Waals surface area (Å²) in [4.78, 5) is 11.7. The second kappa shape index (κ2) is 7.71. The molecule has 3 N–H and O–H groups in total. The van der Waals surface area contributed by atoms with E-state index in [9.17, 15) is 18.3 Å². The molecule has 2 aromatic carbocycles. The minimum atomic E-state index is -3.76.